The monoisotopic (exact) mass is 321 g/mol. The summed E-state index contributed by atoms with van der Waals surface area (Å²) in [6.07, 6.45) is 0. The summed E-state index contributed by atoms with van der Waals surface area (Å²) in [6.45, 7) is 2.07. The molecule has 3 heteroatoms. The minimum Gasteiger partial charge on any atom is -0.224 e. The number of benzene rings is 4. The van der Waals surface area contributed by atoms with Gasteiger partial charge in [0, 0.05) is 16.3 Å². The van der Waals surface area contributed by atoms with Gasteiger partial charge in [0.05, 0.1) is 0 Å². The van der Waals surface area contributed by atoms with E-state index in [-0.39, 0.29) is 0 Å². The maximum absolute atomic E-state index is 4.88. The number of hydrogen-bond acceptors (Lipinski definition) is 3. The van der Waals surface area contributed by atoms with E-state index in [2.05, 4.69) is 65.7 Å². The third kappa shape index (κ3) is 2.17. The average Bonchev–Trinajstić information content (AvgIpc) is 2.68. The Kier molecular flexibility index (Phi) is 3.01. The van der Waals surface area contributed by atoms with Crippen molar-refractivity contribution in [1.29, 1.82) is 0 Å². The third-order valence-corrected chi connectivity index (χ3v) is 4.65. The van der Waals surface area contributed by atoms with Gasteiger partial charge >= 0.3 is 0 Å². The first-order valence-corrected chi connectivity index (χ1v) is 8.32. The molecule has 0 saturated carbocycles. The maximum atomic E-state index is 4.88. The molecule has 0 unspecified atom stereocenters. The normalized spacial score (nSPS) is 11.4. The van der Waals surface area contributed by atoms with Crippen LogP contribution in [0.2, 0.25) is 0 Å². The topological polar surface area (TPSA) is 38.7 Å². The number of rotatable bonds is 1. The van der Waals surface area contributed by atoms with Crippen LogP contribution in [0.15, 0.2) is 72.8 Å². The predicted octanol–water partition coefficient (Wildman–Crippen LogP) is 5.31. The van der Waals surface area contributed by atoms with E-state index in [0.717, 1.165) is 27.4 Å². The van der Waals surface area contributed by atoms with Crippen LogP contribution in [0.5, 0.6) is 0 Å². The van der Waals surface area contributed by atoms with Gasteiger partial charge in [-0.1, -0.05) is 78.4 Å². The number of fused-ring (bicyclic) bond motifs is 6. The molecule has 0 spiro atoms. The Hall–Kier alpha value is -3.33. The highest BCUT2D eigenvalue weighted by molar-refractivity contribution is 6.22. The second-order valence-electron chi connectivity index (χ2n) is 6.29. The highest BCUT2D eigenvalue weighted by Gasteiger charge is 2.12. The highest BCUT2D eigenvalue weighted by Crippen LogP contribution is 2.33. The Morgan fingerprint density at radius 3 is 1.76 bits per heavy atom. The lowest BCUT2D eigenvalue weighted by Crippen LogP contribution is -1.96. The lowest BCUT2D eigenvalue weighted by atomic mass is 10.00. The van der Waals surface area contributed by atoms with E-state index in [1.54, 1.807) is 0 Å². The van der Waals surface area contributed by atoms with Crippen LogP contribution in [-0.4, -0.2) is 15.2 Å². The van der Waals surface area contributed by atoms with Crippen LogP contribution in [-0.2, 0) is 0 Å². The van der Waals surface area contributed by atoms with Crippen LogP contribution < -0.4 is 0 Å². The fraction of sp³-hybridized carbons (Fsp3) is 0.0455. The first kappa shape index (κ1) is 14.1. The van der Waals surface area contributed by atoms with E-state index < -0.39 is 0 Å². The Morgan fingerprint density at radius 2 is 1.12 bits per heavy atom. The van der Waals surface area contributed by atoms with Gasteiger partial charge in [0.1, 0.15) is 11.0 Å². The molecule has 25 heavy (non-hydrogen) atoms. The molecule has 1 heterocycles. The number of hydrogen-bond donors (Lipinski definition) is 0. The van der Waals surface area contributed by atoms with Crippen molar-refractivity contribution in [3.8, 4) is 11.4 Å². The molecule has 118 valence electrons. The summed E-state index contributed by atoms with van der Waals surface area (Å²) in [7, 11) is 0. The van der Waals surface area contributed by atoms with Gasteiger partial charge in [-0.2, -0.15) is 0 Å². The number of aromatic nitrogens is 3. The molecule has 3 nitrogen and oxygen atoms in total. The molecule has 0 N–H and O–H groups in total. The van der Waals surface area contributed by atoms with Crippen molar-refractivity contribution in [3.63, 3.8) is 0 Å². The summed E-state index contributed by atoms with van der Waals surface area (Å²) < 4.78 is 0. The molecule has 0 radical (unpaired) electrons. The predicted molar refractivity (Wildman–Crippen MR) is 103 cm³/mol. The smallest absolute Gasteiger partial charge is 0.182 e. The molecule has 0 aliphatic carbocycles. The summed E-state index contributed by atoms with van der Waals surface area (Å²) in [4.78, 5) is 4.88. The van der Waals surface area contributed by atoms with Crippen LogP contribution in [0.25, 0.3) is 44.0 Å². The van der Waals surface area contributed by atoms with Gasteiger partial charge < -0.3 is 0 Å². The molecular weight excluding hydrogens is 306 g/mol. The van der Waals surface area contributed by atoms with E-state index in [9.17, 15) is 0 Å². The highest BCUT2D eigenvalue weighted by atomic mass is 15.2. The van der Waals surface area contributed by atoms with Crippen LogP contribution in [0, 0.1) is 6.92 Å². The van der Waals surface area contributed by atoms with Crippen LogP contribution in [0.3, 0.4) is 0 Å². The van der Waals surface area contributed by atoms with Crippen molar-refractivity contribution < 1.29 is 0 Å². The molecule has 5 aromatic rings. The average molecular weight is 321 g/mol. The van der Waals surface area contributed by atoms with Crippen molar-refractivity contribution in [2.45, 2.75) is 6.92 Å². The van der Waals surface area contributed by atoms with E-state index >= 15 is 0 Å². The minimum absolute atomic E-state index is 0.660. The molecule has 1 aromatic heterocycles. The van der Waals surface area contributed by atoms with Crippen molar-refractivity contribution in [3.05, 3.63) is 78.4 Å². The third-order valence-electron chi connectivity index (χ3n) is 4.65. The number of nitrogens with zero attached hydrogens (tertiary/aromatic N) is 3. The molecule has 0 saturated heterocycles. The largest absolute Gasteiger partial charge is 0.224 e. The summed E-state index contributed by atoms with van der Waals surface area (Å²) >= 11 is 0. The second kappa shape index (κ2) is 5.35. The first-order valence-electron chi connectivity index (χ1n) is 8.32. The maximum Gasteiger partial charge on any atom is 0.182 e. The van der Waals surface area contributed by atoms with Gasteiger partial charge in [-0.05, 0) is 17.7 Å². The lowest BCUT2D eigenvalue weighted by Gasteiger charge is -2.09. The Morgan fingerprint density at radius 1 is 0.560 bits per heavy atom. The second-order valence-corrected chi connectivity index (χ2v) is 6.29. The van der Waals surface area contributed by atoms with Crippen molar-refractivity contribution in [2.24, 2.45) is 0 Å². The quantitative estimate of drug-likeness (QED) is 0.393. The number of aryl methyl sites for hydroxylation is 1. The van der Waals surface area contributed by atoms with Crippen LogP contribution in [0.1, 0.15) is 5.56 Å². The molecule has 0 aliphatic heterocycles. The zero-order valence-electron chi connectivity index (χ0n) is 13.8. The molecule has 0 bridgehead atoms. The summed E-state index contributed by atoms with van der Waals surface area (Å²) in [6, 6.07) is 24.9. The molecule has 0 aliphatic rings. The first-order chi connectivity index (χ1) is 12.3. The van der Waals surface area contributed by atoms with Gasteiger partial charge in [0.25, 0.3) is 0 Å². The summed E-state index contributed by atoms with van der Waals surface area (Å²) in [5, 5.41) is 13.5. The lowest BCUT2D eigenvalue weighted by molar-refractivity contribution is 1.04. The Balaban J connectivity index is 1.91. The van der Waals surface area contributed by atoms with E-state index in [1.807, 2.05) is 24.3 Å². The SMILES string of the molecule is Cc1ccc(-c2nnc3c4ccccc4c4ccccc4c3n2)cc1. The summed E-state index contributed by atoms with van der Waals surface area (Å²) in [5.41, 5.74) is 3.95. The Bertz CT molecular complexity index is 1210. The van der Waals surface area contributed by atoms with Gasteiger partial charge in [0.2, 0.25) is 0 Å². The molecular formula is C22H15N3. The summed E-state index contributed by atoms with van der Waals surface area (Å²) in [5.74, 6) is 0.660. The van der Waals surface area contributed by atoms with E-state index in [1.165, 1.54) is 16.3 Å². The zero-order chi connectivity index (χ0) is 16.8. The van der Waals surface area contributed by atoms with Gasteiger partial charge in [-0.25, -0.2) is 4.98 Å². The van der Waals surface area contributed by atoms with Crippen molar-refractivity contribution >= 4 is 32.6 Å². The van der Waals surface area contributed by atoms with Crippen LogP contribution >= 0.6 is 0 Å². The molecule has 4 aromatic carbocycles. The van der Waals surface area contributed by atoms with E-state index in [4.69, 9.17) is 4.98 Å². The van der Waals surface area contributed by atoms with Gasteiger partial charge in [-0.3, -0.25) is 0 Å². The molecule has 0 amide bonds. The van der Waals surface area contributed by atoms with Crippen molar-refractivity contribution in [1.82, 2.24) is 15.2 Å². The molecule has 0 atom stereocenters. The van der Waals surface area contributed by atoms with Crippen molar-refractivity contribution in [2.75, 3.05) is 0 Å². The van der Waals surface area contributed by atoms with Crippen LogP contribution in [0.4, 0.5) is 0 Å². The fourth-order valence-electron chi connectivity index (χ4n) is 3.37. The van der Waals surface area contributed by atoms with Gasteiger partial charge in [0.15, 0.2) is 5.82 Å². The molecule has 0 fully saturated rings. The minimum atomic E-state index is 0.660. The standard InChI is InChI=1S/C22H15N3/c1-14-10-12-15(13-11-14)22-23-20-18-8-4-2-6-16(18)17-7-3-5-9-19(17)21(20)24-25-22/h2-13H,1H3. The van der Waals surface area contributed by atoms with E-state index in [0.29, 0.717) is 5.82 Å². The van der Waals surface area contributed by atoms with Gasteiger partial charge in [-0.15, -0.1) is 10.2 Å². The molecule has 5 rings (SSSR count). The zero-order valence-corrected chi connectivity index (χ0v) is 13.8. The Labute approximate surface area is 145 Å². The fourth-order valence-corrected chi connectivity index (χ4v) is 3.37.